The van der Waals surface area contributed by atoms with Crippen LogP contribution in [0.4, 0.5) is 11.4 Å². The zero-order chi connectivity index (χ0) is 16.7. The van der Waals surface area contributed by atoms with E-state index in [0.717, 1.165) is 36.3 Å². The Morgan fingerprint density at radius 3 is 2.62 bits per heavy atom. The molecule has 0 N–H and O–H groups in total. The summed E-state index contributed by atoms with van der Waals surface area (Å²) in [6, 6.07) is 15.1. The summed E-state index contributed by atoms with van der Waals surface area (Å²) in [5, 5.41) is 1.17. The quantitative estimate of drug-likeness (QED) is 0.693. The molecule has 0 saturated carbocycles. The molecule has 0 unspecified atom stereocenters. The van der Waals surface area contributed by atoms with Crippen molar-refractivity contribution in [2.45, 2.75) is 26.7 Å². The molecule has 0 aliphatic carbocycles. The predicted molar refractivity (Wildman–Crippen MR) is 99.6 cm³/mol. The highest BCUT2D eigenvalue weighted by Gasteiger charge is 2.26. The first-order valence-electron chi connectivity index (χ1n) is 8.55. The minimum atomic E-state index is 0.839. The van der Waals surface area contributed by atoms with Crippen LogP contribution < -0.4 is 9.64 Å². The molecule has 0 radical (unpaired) electrons. The van der Waals surface area contributed by atoms with Gasteiger partial charge in [0.15, 0.2) is 0 Å². The molecule has 1 aromatic heterocycles. The van der Waals surface area contributed by atoms with Gasteiger partial charge >= 0.3 is 0 Å². The third kappa shape index (κ3) is 2.23. The fourth-order valence-corrected chi connectivity index (χ4v) is 3.68. The van der Waals surface area contributed by atoms with E-state index in [2.05, 4.69) is 55.1 Å². The minimum Gasteiger partial charge on any atom is -0.494 e. The molecule has 1 aliphatic heterocycles. The normalized spacial score (nSPS) is 13.4. The maximum Gasteiger partial charge on any atom is 0.145 e. The first-order valence-corrected chi connectivity index (χ1v) is 8.55. The van der Waals surface area contributed by atoms with Gasteiger partial charge in [0.2, 0.25) is 0 Å². The van der Waals surface area contributed by atoms with Crippen LogP contribution >= 0.6 is 0 Å². The third-order valence-corrected chi connectivity index (χ3v) is 4.99. The van der Waals surface area contributed by atoms with Crippen LogP contribution in [0.3, 0.4) is 0 Å². The fraction of sp³-hybridized carbons (Fsp3) is 0.286. The Balaban J connectivity index is 1.92. The number of aryl methyl sites for hydroxylation is 2. The predicted octanol–water partition coefficient (Wildman–Crippen LogP) is 4.81. The van der Waals surface area contributed by atoms with Crippen molar-refractivity contribution in [1.82, 2.24) is 4.98 Å². The number of hydrogen-bond donors (Lipinski definition) is 0. The molecule has 3 heteroatoms. The molecule has 0 fully saturated rings. The highest BCUT2D eigenvalue weighted by Crippen LogP contribution is 2.42. The average Bonchev–Trinajstić information content (AvgIpc) is 3.07. The number of aromatic nitrogens is 1. The number of para-hydroxylation sites is 1. The standard InChI is InChI=1S/C21H22N2O/c1-4-15-8-10-16(11-9-15)23-13-12-17-14(2)22-20-18(21(17)23)6-5-7-19(20)24-3/h5-11H,4,12-13H2,1-3H3. The van der Waals surface area contributed by atoms with Crippen molar-refractivity contribution in [1.29, 1.82) is 0 Å². The molecule has 4 rings (SSSR count). The number of nitrogens with zero attached hydrogens (tertiary/aromatic N) is 2. The van der Waals surface area contributed by atoms with E-state index in [0.29, 0.717) is 0 Å². The zero-order valence-electron chi connectivity index (χ0n) is 14.5. The fourth-order valence-electron chi connectivity index (χ4n) is 3.68. The van der Waals surface area contributed by atoms with E-state index in [1.807, 2.05) is 6.07 Å². The number of anilines is 2. The number of hydrogen-bond acceptors (Lipinski definition) is 3. The van der Waals surface area contributed by atoms with Crippen LogP contribution in [-0.2, 0) is 12.8 Å². The van der Waals surface area contributed by atoms with Gasteiger partial charge in [-0.1, -0.05) is 31.2 Å². The summed E-state index contributed by atoms with van der Waals surface area (Å²) in [5.41, 5.74) is 7.33. The van der Waals surface area contributed by atoms with Gasteiger partial charge in [-0.05, 0) is 49.1 Å². The lowest BCUT2D eigenvalue weighted by Crippen LogP contribution is -2.13. The second-order valence-corrected chi connectivity index (χ2v) is 6.30. The second-order valence-electron chi connectivity index (χ2n) is 6.30. The van der Waals surface area contributed by atoms with Crippen LogP contribution in [0, 0.1) is 6.92 Å². The molecule has 3 aromatic rings. The van der Waals surface area contributed by atoms with Gasteiger partial charge in [0.25, 0.3) is 0 Å². The first kappa shape index (κ1) is 15.0. The molecule has 2 heterocycles. The van der Waals surface area contributed by atoms with Gasteiger partial charge in [0.05, 0.1) is 12.8 Å². The van der Waals surface area contributed by atoms with E-state index in [1.54, 1.807) is 7.11 Å². The Morgan fingerprint density at radius 2 is 1.92 bits per heavy atom. The first-order chi connectivity index (χ1) is 11.7. The van der Waals surface area contributed by atoms with Gasteiger partial charge in [0, 0.05) is 23.3 Å². The summed E-state index contributed by atoms with van der Waals surface area (Å²) in [4.78, 5) is 7.24. The number of rotatable bonds is 3. The Morgan fingerprint density at radius 1 is 1.12 bits per heavy atom. The van der Waals surface area contributed by atoms with Gasteiger partial charge in [-0.15, -0.1) is 0 Å². The Hall–Kier alpha value is -2.55. The van der Waals surface area contributed by atoms with E-state index < -0.39 is 0 Å². The summed E-state index contributed by atoms with van der Waals surface area (Å²) in [6.45, 7) is 5.29. The van der Waals surface area contributed by atoms with Crippen LogP contribution in [0.25, 0.3) is 10.9 Å². The maximum absolute atomic E-state index is 5.53. The van der Waals surface area contributed by atoms with Crippen molar-refractivity contribution in [2.75, 3.05) is 18.6 Å². The number of pyridine rings is 1. The lowest BCUT2D eigenvalue weighted by atomic mass is 10.1. The van der Waals surface area contributed by atoms with Gasteiger partial charge in [0.1, 0.15) is 11.3 Å². The van der Waals surface area contributed by atoms with Gasteiger partial charge in [-0.2, -0.15) is 0 Å². The highest BCUT2D eigenvalue weighted by atomic mass is 16.5. The van der Waals surface area contributed by atoms with Crippen LogP contribution in [0.5, 0.6) is 5.75 Å². The van der Waals surface area contributed by atoms with E-state index in [9.17, 15) is 0 Å². The van der Waals surface area contributed by atoms with Crippen molar-refractivity contribution in [3.63, 3.8) is 0 Å². The lowest BCUT2D eigenvalue weighted by Gasteiger charge is -2.22. The number of benzene rings is 2. The van der Waals surface area contributed by atoms with Crippen molar-refractivity contribution in [3.8, 4) is 5.75 Å². The molecule has 0 saturated heterocycles. The minimum absolute atomic E-state index is 0.839. The van der Waals surface area contributed by atoms with Crippen molar-refractivity contribution in [3.05, 3.63) is 59.3 Å². The summed E-state index contributed by atoms with van der Waals surface area (Å²) >= 11 is 0. The second kappa shape index (κ2) is 5.82. The monoisotopic (exact) mass is 318 g/mol. The maximum atomic E-state index is 5.53. The zero-order valence-corrected chi connectivity index (χ0v) is 14.5. The summed E-state index contributed by atoms with van der Waals surface area (Å²) < 4.78 is 5.53. The molecule has 0 bridgehead atoms. The Labute approximate surface area is 142 Å². The molecule has 0 amide bonds. The number of methoxy groups -OCH3 is 1. The molecule has 2 aromatic carbocycles. The molecule has 0 atom stereocenters. The van der Waals surface area contributed by atoms with Gasteiger partial charge < -0.3 is 9.64 Å². The molecule has 1 aliphatic rings. The summed E-state index contributed by atoms with van der Waals surface area (Å²) in [6.07, 6.45) is 2.11. The van der Waals surface area contributed by atoms with E-state index in [-0.39, 0.29) is 0 Å². The van der Waals surface area contributed by atoms with Gasteiger partial charge in [-0.3, -0.25) is 0 Å². The molecule has 0 spiro atoms. The summed E-state index contributed by atoms with van der Waals surface area (Å²) in [5.74, 6) is 0.839. The van der Waals surface area contributed by atoms with E-state index in [4.69, 9.17) is 9.72 Å². The SMILES string of the molecule is CCc1ccc(N2CCc3c(C)nc4c(OC)cccc4c32)cc1. The van der Waals surface area contributed by atoms with E-state index >= 15 is 0 Å². The number of fused-ring (bicyclic) bond motifs is 3. The molecule has 24 heavy (non-hydrogen) atoms. The van der Waals surface area contributed by atoms with E-state index in [1.165, 1.54) is 27.9 Å². The highest BCUT2D eigenvalue weighted by molar-refractivity contribution is 5.99. The average molecular weight is 318 g/mol. The topological polar surface area (TPSA) is 25.4 Å². The van der Waals surface area contributed by atoms with Crippen molar-refractivity contribution in [2.24, 2.45) is 0 Å². The van der Waals surface area contributed by atoms with Crippen molar-refractivity contribution < 1.29 is 4.74 Å². The molecule has 122 valence electrons. The smallest absolute Gasteiger partial charge is 0.145 e. The van der Waals surface area contributed by atoms with Crippen LogP contribution in [-0.4, -0.2) is 18.6 Å². The Kier molecular flexibility index (Phi) is 3.64. The van der Waals surface area contributed by atoms with Crippen LogP contribution in [0.2, 0.25) is 0 Å². The summed E-state index contributed by atoms with van der Waals surface area (Å²) in [7, 11) is 1.71. The lowest BCUT2D eigenvalue weighted by molar-refractivity contribution is 0.419. The van der Waals surface area contributed by atoms with Crippen molar-refractivity contribution >= 4 is 22.3 Å². The largest absolute Gasteiger partial charge is 0.494 e. The number of ether oxygens (including phenoxy) is 1. The Bertz CT molecular complexity index is 900. The molecular formula is C21H22N2O. The van der Waals surface area contributed by atoms with Gasteiger partial charge in [-0.25, -0.2) is 4.98 Å². The third-order valence-electron chi connectivity index (χ3n) is 4.99. The van der Waals surface area contributed by atoms with Crippen LogP contribution in [0.15, 0.2) is 42.5 Å². The molecular weight excluding hydrogens is 296 g/mol. The molecule has 3 nitrogen and oxygen atoms in total. The van der Waals surface area contributed by atoms with Crippen LogP contribution in [0.1, 0.15) is 23.7 Å².